The predicted molar refractivity (Wildman–Crippen MR) is 111 cm³/mol. The lowest BCUT2D eigenvalue weighted by Gasteiger charge is -2.29. The van der Waals surface area contributed by atoms with Crippen LogP contribution < -0.4 is 16.0 Å². The van der Waals surface area contributed by atoms with E-state index in [-0.39, 0.29) is 11.9 Å². The number of fused-ring (bicyclic) bond motifs is 1. The molecular weight excluding hydrogens is 374 g/mol. The van der Waals surface area contributed by atoms with Crippen LogP contribution in [-0.4, -0.2) is 11.9 Å². The zero-order valence-electron chi connectivity index (χ0n) is 15.1. The van der Waals surface area contributed by atoms with Crippen LogP contribution in [0.4, 0.5) is 10.5 Å². The highest BCUT2D eigenvalue weighted by molar-refractivity contribution is 6.34. The molecule has 6 heteroatoms. The summed E-state index contributed by atoms with van der Waals surface area (Å²) in [4.78, 5) is 25.3. The van der Waals surface area contributed by atoms with Crippen molar-refractivity contribution in [1.29, 1.82) is 0 Å². The highest BCUT2D eigenvalue weighted by atomic mass is 35.5. The second kappa shape index (κ2) is 7.37. The number of hydrogen-bond acceptors (Lipinski definition) is 2. The Morgan fingerprint density at radius 3 is 2.54 bits per heavy atom. The third-order valence-electron chi connectivity index (χ3n) is 4.77. The fourth-order valence-electron chi connectivity index (χ4n) is 3.48. The van der Waals surface area contributed by atoms with Crippen LogP contribution in [0.2, 0.25) is 5.02 Å². The number of allylic oxidation sites excluding steroid dienone is 1. The lowest BCUT2D eigenvalue weighted by atomic mass is 9.91. The molecule has 4 rings (SSSR count). The highest BCUT2D eigenvalue weighted by Crippen LogP contribution is 2.33. The third-order valence-corrected chi connectivity index (χ3v) is 5.10. The number of anilines is 1. The lowest BCUT2D eigenvalue weighted by molar-refractivity contribution is -0.113. The van der Waals surface area contributed by atoms with Crippen LogP contribution >= 0.6 is 11.6 Å². The molecule has 3 amide bonds. The number of carbonyl (C=O) groups excluding carboxylic acids is 2. The first-order chi connectivity index (χ1) is 13.5. The van der Waals surface area contributed by atoms with Crippen LogP contribution in [0.3, 0.4) is 0 Å². The van der Waals surface area contributed by atoms with Crippen LogP contribution in [-0.2, 0) is 4.79 Å². The molecule has 1 atom stereocenters. The molecule has 1 aliphatic rings. The van der Waals surface area contributed by atoms with E-state index in [1.54, 1.807) is 31.2 Å². The smallest absolute Gasteiger partial charge is 0.319 e. The molecule has 0 bridgehead atoms. The van der Waals surface area contributed by atoms with E-state index in [4.69, 9.17) is 11.6 Å². The number of benzene rings is 3. The first-order valence-corrected chi connectivity index (χ1v) is 9.24. The Morgan fingerprint density at radius 1 is 1.00 bits per heavy atom. The maximum atomic E-state index is 13.1. The molecule has 28 heavy (non-hydrogen) atoms. The number of halogens is 1. The number of para-hydroxylation sites is 1. The molecule has 3 N–H and O–H groups in total. The first-order valence-electron chi connectivity index (χ1n) is 8.86. The average molecular weight is 392 g/mol. The van der Waals surface area contributed by atoms with E-state index >= 15 is 0 Å². The number of carbonyl (C=O) groups is 2. The van der Waals surface area contributed by atoms with Gasteiger partial charge in [0, 0.05) is 5.70 Å². The normalized spacial score (nSPS) is 16.5. The highest BCUT2D eigenvalue weighted by Gasteiger charge is 2.32. The van der Waals surface area contributed by atoms with Crippen molar-refractivity contribution >= 4 is 40.0 Å². The zero-order chi connectivity index (χ0) is 19.7. The molecule has 3 aromatic carbocycles. The number of urea groups is 1. The van der Waals surface area contributed by atoms with Crippen molar-refractivity contribution < 1.29 is 9.59 Å². The number of nitrogens with one attached hydrogen (secondary N) is 3. The third kappa shape index (κ3) is 3.32. The zero-order valence-corrected chi connectivity index (χ0v) is 15.9. The molecule has 0 aromatic heterocycles. The van der Waals surface area contributed by atoms with Crippen molar-refractivity contribution in [2.24, 2.45) is 0 Å². The van der Waals surface area contributed by atoms with Gasteiger partial charge in [-0.2, -0.15) is 0 Å². The summed E-state index contributed by atoms with van der Waals surface area (Å²) in [6.07, 6.45) is 0. The van der Waals surface area contributed by atoms with Gasteiger partial charge in [-0.15, -0.1) is 0 Å². The Kier molecular flexibility index (Phi) is 4.75. The number of hydrogen-bond donors (Lipinski definition) is 3. The largest absolute Gasteiger partial charge is 0.327 e. The molecule has 0 spiro atoms. The Morgan fingerprint density at radius 2 is 1.71 bits per heavy atom. The molecule has 0 saturated carbocycles. The molecule has 3 aromatic rings. The van der Waals surface area contributed by atoms with Gasteiger partial charge < -0.3 is 16.0 Å². The molecule has 140 valence electrons. The fourth-order valence-corrected chi connectivity index (χ4v) is 3.67. The minimum Gasteiger partial charge on any atom is -0.327 e. The van der Waals surface area contributed by atoms with Gasteiger partial charge in [-0.05, 0) is 35.4 Å². The van der Waals surface area contributed by atoms with Gasteiger partial charge in [0.15, 0.2) is 0 Å². The Hall–Kier alpha value is -3.31. The summed E-state index contributed by atoms with van der Waals surface area (Å²) >= 11 is 6.18. The summed E-state index contributed by atoms with van der Waals surface area (Å²) in [6.45, 7) is 1.72. The summed E-state index contributed by atoms with van der Waals surface area (Å²) in [6, 6.07) is 19.8. The van der Waals surface area contributed by atoms with Crippen molar-refractivity contribution in [3.8, 4) is 0 Å². The van der Waals surface area contributed by atoms with E-state index in [2.05, 4.69) is 16.0 Å². The first kappa shape index (κ1) is 18.1. The van der Waals surface area contributed by atoms with Gasteiger partial charge in [-0.25, -0.2) is 4.79 Å². The van der Waals surface area contributed by atoms with E-state index in [1.807, 2.05) is 42.5 Å². The van der Waals surface area contributed by atoms with Gasteiger partial charge in [0.2, 0.25) is 0 Å². The molecule has 0 radical (unpaired) electrons. The van der Waals surface area contributed by atoms with E-state index in [0.717, 1.165) is 16.3 Å². The van der Waals surface area contributed by atoms with E-state index < -0.39 is 6.04 Å². The molecule has 1 unspecified atom stereocenters. The van der Waals surface area contributed by atoms with Crippen LogP contribution in [0.1, 0.15) is 18.5 Å². The Bertz CT molecular complexity index is 1120. The van der Waals surface area contributed by atoms with E-state index in [1.165, 1.54) is 0 Å². The summed E-state index contributed by atoms with van der Waals surface area (Å²) in [7, 11) is 0. The minimum atomic E-state index is -0.581. The van der Waals surface area contributed by atoms with Gasteiger partial charge in [-0.1, -0.05) is 66.2 Å². The SMILES string of the molecule is CC1=C(C(=O)Nc2ccccc2Cl)C(c2cccc3ccccc23)NC(=O)N1. The van der Waals surface area contributed by atoms with Gasteiger partial charge >= 0.3 is 6.03 Å². The summed E-state index contributed by atoms with van der Waals surface area (Å²) in [5, 5.41) is 10.9. The lowest BCUT2D eigenvalue weighted by Crippen LogP contribution is -2.46. The fraction of sp³-hybridized carbons (Fsp3) is 0.0909. The standard InChI is InChI=1S/C22H18ClN3O2/c1-13-19(21(27)25-18-12-5-4-11-17(18)23)20(26-22(28)24-13)16-10-6-8-14-7-2-3-9-15(14)16/h2-12,20H,1H3,(H,25,27)(H2,24,26,28). The Balaban J connectivity index is 1.79. The van der Waals surface area contributed by atoms with Crippen molar-refractivity contribution in [2.75, 3.05) is 5.32 Å². The average Bonchev–Trinajstić information content (AvgIpc) is 2.68. The molecule has 1 heterocycles. The molecule has 5 nitrogen and oxygen atoms in total. The summed E-state index contributed by atoms with van der Waals surface area (Å²) in [5.41, 5.74) is 2.32. The van der Waals surface area contributed by atoms with Crippen LogP contribution in [0.15, 0.2) is 78.0 Å². The van der Waals surface area contributed by atoms with Crippen LogP contribution in [0.25, 0.3) is 10.8 Å². The summed E-state index contributed by atoms with van der Waals surface area (Å²) < 4.78 is 0. The van der Waals surface area contributed by atoms with Crippen molar-refractivity contribution in [3.05, 3.63) is 88.6 Å². The van der Waals surface area contributed by atoms with Gasteiger partial charge in [0.1, 0.15) is 0 Å². The topological polar surface area (TPSA) is 70.2 Å². The van der Waals surface area contributed by atoms with Crippen LogP contribution in [0, 0.1) is 0 Å². The van der Waals surface area contributed by atoms with Gasteiger partial charge in [-0.3, -0.25) is 4.79 Å². The minimum absolute atomic E-state index is 0.323. The van der Waals surface area contributed by atoms with Crippen molar-refractivity contribution in [2.45, 2.75) is 13.0 Å². The molecule has 0 fully saturated rings. The molecule has 1 aliphatic heterocycles. The van der Waals surface area contributed by atoms with Gasteiger partial charge in [0.25, 0.3) is 5.91 Å². The van der Waals surface area contributed by atoms with E-state index in [0.29, 0.717) is 22.0 Å². The van der Waals surface area contributed by atoms with E-state index in [9.17, 15) is 9.59 Å². The second-order valence-electron chi connectivity index (χ2n) is 6.57. The second-order valence-corrected chi connectivity index (χ2v) is 6.98. The molecular formula is C22H18ClN3O2. The number of amides is 3. The molecule has 0 aliphatic carbocycles. The predicted octanol–water partition coefficient (Wildman–Crippen LogP) is 4.76. The maximum absolute atomic E-state index is 13.1. The quantitative estimate of drug-likeness (QED) is 0.602. The number of rotatable bonds is 3. The maximum Gasteiger partial charge on any atom is 0.319 e. The molecule has 0 saturated heterocycles. The van der Waals surface area contributed by atoms with Gasteiger partial charge in [0.05, 0.1) is 22.3 Å². The van der Waals surface area contributed by atoms with Crippen LogP contribution in [0.5, 0.6) is 0 Å². The van der Waals surface area contributed by atoms with Crippen molar-refractivity contribution in [3.63, 3.8) is 0 Å². The van der Waals surface area contributed by atoms with Crippen molar-refractivity contribution in [1.82, 2.24) is 10.6 Å². The monoisotopic (exact) mass is 391 g/mol. The summed E-state index contributed by atoms with van der Waals surface area (Å²) in [5.74, 6) is -0.323. The Labute approximate surface area is 167 Å².